The summed E-state index contributed by atoms with van der Waals surface area (Å²) in [5.74, 6) is 0.665. The SMILES string of the molecule is CC1CCCC(C)N1C(=O)COc1ccc(C(=O)N2CCC(N)CC2)cc1.Cl. The zero-order valence-corrected chi connectivity index (χ0v) is 17.6. The third-order valence-corrected chi connectivity index (χ3v) is 5.77. The van der Waals surface area contributed by atoms with Crippen LogP contribution in [-0.2, 0) is 4.79 Å². The van der Waals surface area contributed by atoms with Crippen molar-refractivity contribution >= 4 is 24.2 Å². The molecule has 0 spiro atoms. The number of hydrogen-bond acceptors (Lipinski definition) is 4. The molecule has 1 aromatic rings. The normalized spacial score (nSPS) is 23.1. The number of rotatable bonds is 4. The maximum Gasteiger partial charge on any atom is 0.260 e. The van der Waals surface area contributed by atoms with E-state index in [1.807, 2.05) is 9.80 Å². The van der Waals surface area contributed by atoms with Gasteiger partial charge in [0.25, 0.3) is 11.8 Å². The number of benzene rings is 1. The maximum atomic E-state index is 12.5. The van der Waals surface area contributed by atoms with Gasteiger partial charge in [0.15, 0.2) is 6.61 Å². The second-order valence-electron chi connectivity index (χ2n) is 7.87. The van der Waals surface area contributed by atoms with E-state index >= 15 is 0 Å². The van der Waals surface area contributed by atoms with Gasteiger partial charge in [-0.1, -0.05) is 0 Å². The molecule has 6 nitrogen and oxygen atoms in total. The number of carbonyl (C=O) groups excluding carboxylic acids is 2. The largest absolute Gasteiger partial charge is 0.484 e. The lowest BCUT2D eigenvalue weighted by atomic mass is 9.97. The van der Waals surface area contributed by atoms with Crippen molar-refractivity contribution in [1.29, 1.82) is 0 Å². The van der Waals surface area contributed by atoms with Gasteiger partial charge in [-0.2, -0.15) is 0 Å². The molecule has 28 heavy (non-hydrogen) atoms. The Balaban J connectivity index is 0.00000280. The van der Waals surface area contributed by atoms with Gasteiger partial charge in [-0.05, 0) is 70.2 Å². The van der Waals surface area contributed by atoms with Crippen molar-refractivity contribution in [3.8, 4) is 5.75 Å². The quantitative estimate of drug-likeness (QED) is 0.829. The van der Waals surface area contributed by atoms with E-state index in [0.29, 0.717) is 24.4 Å². The van der Waals surface area contributed by atoms with Crippen molar-refractivity contribution in [2.75, 3.05) is 19.7 Å². The molecule has 0 radical (unpaired) electrons. The van der Waals surface area contributed by atoms with E-state index in [9.17, 15) is 9.59 Å². The summed E-state index contributed by atoms with van der Waals surface area (Å²) in [4.78, 5) is 28.9. The molecule has 2 fully saturated rings. The first-order chi connectivity index (χ1) is 13.0. The summed E-state index contributed by atoms with van der Waals surface area (Å²) in [6.07, 6.45) is 4.97. The highest BCUT2D eigenvalue weighted by Crippen LogP contribution is 2.23. The molecule has 2 N–H and O–H groups in total. The molecule has 2 heterocycles. The van der Waals surface area contributed by atoms with Gasteiger partial charge in [-0.3, -0.25) is 9.59 Å². The van der Waals surface area contributed by atoms with Gasteiger partial charge in [0.1, 0.15) is 5.75 Å². The van der Waals surface area contributed by atoms with Crippen LogP contribution in [0.4, 0.5) is 0 Å². The van der Waals surface area contributed by atoms with E-state index in [1.165, 1.54) is 6.42 Å². The molecule has 2 aliphatic heterocycles. The summed E-state index contributed by atoms with van der Waals surface area (Å²) in [6.45, 7) is 5.65. The van der Waals surface area contributed by atoms with E-state index in [0.717, 1.165) is 25.7 Å². The first kappa shape index (κ1) is 22.5. The molecule has 2 atom stereocenters. The molecule has 2 aliphatic rings. The van der Waals surface area contributed by atoms with Crippen molar-refractivity contribution < 1.29 is 14.3 Å². The predicted molar refractivity (Wildman–Crippen MR) is 112 cm³/mol. The lowest BCUT2D eigenvalue weighted by molar-refractivity contribution is -0.139. The van der Waals surface area contributed by atoms with Crippen LogP contribution in [0.5, 0.6) is 5.75 Å². The lowest BCUT2D eigenvalue weighted by Gasteiger charge is -2.38. The van der Waals surface area contributed by atoms with Crippen molar-refractivity contribution in [3.63, 3.8) is 0 Å². The van der Waals surface area contributed by atoms with E-state index in [2.05, 4.69) is 13.8 Å². The van der Waals surface area contributed by atoms with Crippen LogP contribution in [0, 0.1) is 0 Å². The first-order valence-electron chi connectivity index (χ1n) is 10.0. The van der Waals surface area contributed by atoms with Crippen LogP contribution < -0.4 is 10.5 Å². The molecule has 156 valence electrons. The fraction of sp³-hybridized carbons (Fsp3) is 0.619. The molecule has 1 aromatic carbocycles. The summed E-state index contributed by atoms with van der Waals surface area (Å²) in [5.41, 5.74) is 6.54. The molecule has 7 heteroatoms. The van der Waals surface area contributed by atoms with Crippen molar-refractivity contribution in [1.82, 2.24) is 9.80 Å². The standard InChI is InChI=1S/C21H31N3O3.ClH/c1-15-4-3-5-16(2)24(15)20(25)14-27-19-8-6-17(7-9-19)21(26)23-12-10-18(22)11-13-23;/h6-9,15-16,18H,3-5,10-14,22H2,1-2H3;1H. The lowest BCUT2D eigenvalue weighted by Crippen LogP contribution is -2.49. The van der Waals surface area contributed by atoms with Crippen molar-refractivity contribution in [2.24, 2.45) is 5.73 Å². The Morgan fingerprint density at radius 3 is 2.18 bits per heavy atom. The zero-order chi connectivity index (χ0) is 19.4. The molecule has 2 amide bonds. The minimum Gasteiger partial charge on any atom is -0.484 e. The van der Waals surface area contributed by atoms with Crippen molar-refractivity contribution in [3.05, 3.63) is 29.8 Å². The number of amides is 2. The van der Waals surface area contributed by atoms with Gasteiger partial charge in [-0.25, -0.2) is 0 Å². The molecule has 0 bridgehead atoms. The van der Waals surface area contributed by atoms with Crippen LogP contribution in [0.3, 0.4) is 0 Å². The highest BCUT2D eigenvalue weighted by Gasteiger charge is 2.29. The first-order valence-corrected chi connectivity index (χ1v) is 10.0. The summed E-state index contributed by atoms with van der Waals surface area (Å²) >= 11 is 0. The van der Waals surface area contributed by atoms with Crippen LogP contribution >= 0.6 is 12.4 Å². The second kappa shape index (κ2) is 10.1. The number of nitrogens with two attached hydrogens (primary N) is 1. The Labute approximate surface area is 173 Å². The number of halogens is 1. The summed E-state index contributed by atoms with van der Waals surface area (Å²) in [5, 5.41) is 0. The molecule has 3 rings (SSSR count). The number of piperidine rings is 2. The van der Waals surface area contributed by atoms with Crippen LogP contribution in [0.2, 0.25) is 0 Å². The van der Waals surface area contributed by atoms with Crippen LogP contribution in [0.25, 0.3) is 0 Å². The van der Waals surface area contributed by atoms with Gasteiger partial charge in [-0.15, -0.1) is 12.4 Å². The van der Waals surface area contributed by atoms with Crippen LogP contribution in [0.1, 0.15) is 56.3 Å². The highest BCUT2D eigenvalue weighted by molar-refractivity contribution is 5.94. The highest BCUT2D eigenvalue weighted by atomic mass is 35.5. The average Bonchev–Trinajstić information content (AvgIpc) is 2.67. The van der Waals surface area contributed by atoms with Gasteiger partial charge in [0.05, 0.1) is 0 Å². The van der Waals surface area contributed by atoms with Gasteiger partial charge >= 0.3 is 0 Å². The van der Waals surface area contributed by atoms with E-state index in [4.69, 9.17) is 10.5 Å². The Morgan fingerprint density at radius 1 is 1.04 bits per heavy atom. The zero-order valence-electron chi connectivity index (χ0n) is 16.8. The van der Waals surface area contributed by atoms with Gasteiger partial charge < -0.3 is 20.3 Å². The molecule has 0 aromatic heterocycles. The Hall–Kier alpha value is -1.79. The maximum absolute atomic E-state index is 12.5. The second-order valence-corrected chi connectivity index (χ2v) is 7.87. The number of nitrogens with zero attached hydrogens (tertiary/aromatic N) is 2. The summed E-state index contributed by atoms with van der Waals surface area (Å²) in [7, 11) is 0. The topological polar surface area (TPSA) is 75.9 Å². The number of ether oxygens (including phenoxy) is 1. The Kier molecular flexibility index (Phi) is 8.13. The average molecular weight is 410 g/mol. The van der Waals surface area contributed by atoms with E-state index in [1.54, 1.807) is 24.3 Å². The van der Waals surface area contributed by atoms with Crippen molar-refractivity contribution in [2.45, 2.75) is 64.1 Å². The minimum absolute atomic E-state index is 0. The smallest absolute Gasteiger partial charge is 0.260 e. The molecule has 0 aliphatic carbocycles. The molecule has 0 saturated carbocycles. The van der Waals surface area contributed by atoms with Gasteiger partial charge in [0, 0.05) is 36.8 Å². The number of hydrogen-bond donors (Lipinski definition) is 1. The molecular weight excluding hydrogens is 378 g/mol. The minimum atomic E-state index is 0. The third-order valence-electron chi connectivity index (χ3n) is 5.77. The fourth-order valence-corrected chi connectivity index (χ4v) is 4.11. The summed E-state index contributed by atoms with van der Waals surface area (Å²) in [6, 6.07) is 7.79. The van der Waals surface area contributed by atoms with E-state index in [-0.39, 0.29) is 49.0 Å². The summed E-state index contributed by atoms with van der Waals surface area (Å²) < 4.78 is 5.68. The van der Waals surface area contributed by atoms with Gasteiger partial charge in [0.2, 0.25) is 0 Å². The predicted octanol–water partition coefficient (Wildman–Crippen LogP) is 2.84. The van der Waals surface area contributed by atoms with Crippen LogP contribution in [-0.4, -0.2) is 59.4 Å². The van der Waals surface area contributed by atoms with Crippen LogP contribution in [0.15, 0.2) is 24.3 Å². The molecule has 2 saturated heterocycles. The number of carbonyl (C=O) groups is 2. The fourth-order valence-electron chi connectivity index (χ4n) is 4.11. The molecule has 2 unspecified atom stereocenters. The third kappa shape index (κ3) is 5.39. The monoisotopic (exact) mass is 409 g/mol. The Bertz CT molecular complexity index is 649. The Morgan fingerprint density at radius 2 is 1.61 bits per heavy atom. The van der Waals surface area contributed by atoms with E-state index < -0.39 is 0 Å². The molecular formula is C21H32ClN3O3. The number of likely N-dealkylation sites (tertiary alicyclic amines) is 2.